The summed E-state index contributed by atoms with van der Waals surface area (Å²) in [4.78, 5) is 24.5. The number of ether oxygens (including phenoxy) is 1. The summed E-state index contributed by atoms with van der Waals surface area (Å²) in [6, 6.07) is 16.0. The fourth-order valence-electron chi connectivity index (χ4n) is 3.52. The lowest BCUT2D eigenvalue weighted by atomic mass is 10.1. The first-order valence-electron chi connectivity index (χ1n) is 9.79. The molecule has 1 N–H and O–H groups in total. The summed E-state index contributed by atoms with van der Waals surface area (Å²) in [6.07, 6.45) is 2.09. The van der Waals surface area contributed by atoms with Crippen molar-refractivity contribution in [3.8, 4) is 0 Å². The minimum Gasteiger partial charge on any atom is -0.449 e. The number of nitrogens with zero attached hydrogens (tertiary/aromatic N) is 1. The number of carbonyl (C=O) groups excluding carboxylic acids is 2. The Hall–Kier alpha value is -3.38. The lowest BCUT2D eigenvalue weighted by Crippen LogP contribution is -2.29. The van der Waals surface area contributed by atoms with Crippen LogP contribution in [0.2, 0.25) is 0 Å². The molecule has 0 bridgehead atoms. The second kappa shape index (κ2) is 8.55. The summed E-state index contributed by atoms with van der Waals surface area (Å²) in [5.41, 5.74) is 3.88. The largest absolute Gasteiger partial charge is 0.449 e. The van der Waals surface area contributed by atoms with Gasteiger partial charge in [-0.1, -0.05) is 18.2 Å². The third kappa shape index (κ3) is 4.00. The number of benzene rings is 2. The van der Waals surface area contributed by atoms with Crippen molar-refractivity contribution in [3.05, 3.63) is 70.9 Å². The molecule has 4 aromatic rings. The van der Waals surface area contributed by atoms with E-state index < -0.39 is 12.1 Å². The maximum Gasteiger partial charge on any atom is 0.331 e. The van der Waals surface area contributed by atoms with E-state index in [-0.39, 0.29) is 5.91 Å². The first-order chi connectivity index (χ1) is 14.6. The van der Waals surface area contributed by atoms with Crippen LogP contribution in [-0.2, 0) is 20.9 Å². The molecule has 0 fully saturated rings. The van der Waals surface area contributed by atoms with E-state index in [9.17, 15) is 9.59 Å². The van der Waals surface area contributed by atoms with Gasteiger partial charge < -0.3 is 14.6 Å². The Morgan fingerprint density at radius 3 is 2.70 bits per heavy atom. The minimum atomic E-state index is -0.905. The number of anilines is 1. The van der Waals surface area contributed by atoms with E-state index in [1.54, 1.807) is 24.3 Å². The zero-order valence-corrected chi connectivity index (χ0v) is 17.6. The maximum absolute atomic E-state index is 12.5. The summed E-state index contributed by atoms with van der Waals surface area (Å²) < 4.78 is 7.47. The smallest absolute Gasteiger partial charge is 0.331 e. The van der Waals surface area contributed by atoms with Gasteiger partial charge in [-0.2, -0.15) is 11.3 Å². The topological polar surface area (TPSA) is 60.3 Å². The lowest BCUT2D eigenvalue weighted by Gasteiger charge is -2.12. The number of hydrogen-bond donors (Lipinski definition) is 1. The number of carbonyl (C=O) groups is 2. The molecule has 0 aliphatic heterocycles. The number of hydrogen-bond acceptors (Lipinski definition) is 4. The summed E-state index contributed by atoms with van der Waals surface area (Å²) in [5, 5.41) is 8.92. The molecule has 0 saturated carbocycles. The Balaban J connectivity index is 1.48. The third-order valence-corrected chi connectivity index (χ3v) is 5.67. The summed E-state index contributed by atoms with van der Waals surface area (Å²) in [7, 11) is 0. The number of esters is 1. The number of amides is 1. The molecule has 2 heterocycles. The number of aryl methyl sites for hydroxylation is 1. The highest BCUT2D eigenvalue weighted by Crippen LogP contribution is 2.31. The highest BCUT2D eigenvalue weighted by atomic mass is 32.1. The highest BCUT2D eigenvalue weighted by molar-refractivity contribution is 7.08. The van der Waals surface area contributed by atoms with Crippen LogP contribution in [0.1, 0.15) is 19.4 Å². The van der Waals surface area contributed by atoms with Gasteiger partial charge in [-0.15, -0.1) is 0 Å². The Morgan fingerprint density at radius 2 is 1.93 bits per heavy atom. The van der Waals surface area contributed by atoms with Gasteiger partial charge in [0, 0.05) is 40.1 Å². The van der Waals surface area contributed by atoms with Crippen LogP contribution in [0.3, 0.4) is 0 Å². The first-order valence-corrected chi connectivity index (χ1v) is 10.7. The van der Waals surface area contributed by atoms with Gasteiger partial charge in [0.15, 0.2) is 6.10 Å². The predicted molar refractivity (Wildman–Crippen MR) is 123 cm³/mol. The third-order valence-electron chi connectivity index (χ3n) is 4.97. The Labute approximate surface area is 178 Å². The number of fused-ring (bicyclic) bond motifs is 3. The molecule has 0 aliphatic carbocycles. The van der Waals surface area contributed by atoms with Crippen molar-refractivity contribution in [2.24, 2.45) is 0 Å². The van der Waals surface area contributed by atoms with Gasteiger partial charge in [0.25, 0.3) is 5.91 Å². The second-order valence-corrected chi connectivity index (χ2v) is 7.73. The molecule has 2 aromatic carbocycles. The molecule has 152 valence electrons. The molecule has 4 rings (SSSR count). The van der Waals surface area contributed by atoms with Crippen LogP contribution in [0.4, 0.5) is 5.69 Å². The van der Waals surface area contributed by atoms with Crippen molar-refractivity contribution >= 4 is 56.8 Å². The monoisotopic (exact) mass is 418 g/mol. The molecule has 5 nitrogen and oxygen atoms in total. The molecule has 0 aliphatic rings. The Bertz CT molecular complexity index is 1240. The zero-order valence-electron chi connectivity index (χ0n) is 16.8. The maximum atomic E-state index is 12.5. The molecule has 0 saturated heterocycles. The van der Waals surface area contributed by atoms with Gasteiger partial charge >= 0.3 is 5.97 Å². The summed E-state index contributed by atoms with van der Waals surface area (Å²) in [5.74, 6) is -0.920. The molecule has 0 unspecified atom stereocenters. The van der Waals surface area contributed by atoms with Crippen molar-refractivity contribution in [1.82, 2.24) is 4.57 Å². The van der Waals surface area contributed by atoms with Crippen molar-refractivity contribution in [2.75, 3.05) is 5.32 Å². The molecular weight excluding hydrogens is 396 g/mol. The van der Waals surface area contributed by atoms with Crippen LogP contribution in [0, 0.1) is 0 Å². The van der Waals surface area contributed by atoms with E-state index in [1.165, 1.54) is 6.08 Å². The predicted octanol–water partition coefficient (Wildman–Crippen LogP) is 5.46. The quantitative estimate of drug-likeness (QED) is 0.334. The van der Waals surface area contributed by atoms with Crippen molar-refractivity contribution in [3.63, 3.8) is 0 Å². The van der Waals surface area contributed by atoms with E-state index in [0.717, 1.165) is 33.9 Å². The average Bonchev–Trinajstić information content (AvgIpc) is 3.38. The van der Waals surface area contributed by atoms with Crippen LogP contribution in [0.15, 0.2) is 65.4 Å². The Kier molecular flexibility index (Phi) is 5.68. The van der Waals surface area contributed by atoms with Crippen LogP contribution in [0.25, 0.3) is 27.9 Å². The first kappa shape index (κ1) is 19.9. The van der Waals surface area contributed by atoms with Gasteiger partial charge in [0.2, 0.25) is 0 Å². The molecule has 2 aromatic heterocycles. The molecular formula is C24H22N2O3S. The Morgan fingerprint density at radius 1 is 1.13 bits per heavy atom. The second-order valence-electron chi connectivity index (χ2n) is 6.95. The molecule has 1 amide bonds. The molecule has 0 radical (unpaired) electrons. The SMILES string of the molecule is CCn1c2ccccc2c2cc(NC(=O)[C@H](C)OC(=O)/C=C/c3ccsc3)ccc21. The van der Waals surface area contributed by atoms with Crippen LogP contribution >= 0.6 is 11.3 Å². The minimum absolute atomic E-state index is 0.370. The number of aromatic nitrogens is 1. The van der Waals surface area contributed by atoms with Crippen LogP contribution in [0.5, 0.6) is 0 Å². The van der Waals surface area contributed by atoms with Crippen molar-refractivity contribution in [1.29, 1.82) is 0 Å². The van der Waals surface area contributed by atoms with Gasteiger partial charge in [0.05, 0.1) is 0 Å². The summed E-state index contributed by atoms with van der Waals surface area (Å²) in [6.45, 7) is 4.54. The average molecular weight is 419 g/mol. The van der Waals surface area contributed by atoms with Gasteiger partial charge in [-0.25, -0.2) is 4.79 Å². The number of thiophene rings is 1. The van der Waals surface area contributed by atoms with Gasteiger partial charge in [-0.3, -0.25) is 4.79 Å². The van der Waals surface area contributed by atoms with Gasteiger partial charge in [-0.05, 0) is 66.6 Å². The standard InChI is InChI=1S/C24H22N2O3S/c1-3-26-21-7-5-4-6-19(21)20-14-18(9-10-22(20)26)25-24(28)16(2)29-23(27)11-8-17-12-13-30-15-17/h4-16H,3H2,1-2H3,(H,25,28)/b11-8+/t16-/m0/s1. The zero-order chi connectivity index (χ0) is 21.1. The number of para-hydroxylation sites is 1. The summed E-state index contributed by atoms with van der Waals surface area (Å²) >= 11 is 1.55. The highest BCUT2D eigenvalue weighted by Gasteiger charge is 2.17. The molecule has 1 atom stereocenters. The fraction of sp³-hybridized carbons (Fsp3) is 0.167. The number of nitrogens with one attached hydrogen (secondary N) is 1. The molecule has 30 heavy (non-hydrogen) atoms. The van der Waals surface area contributed by atoms with Crippen molar-refractivity contribution in [2.45, 2.75) is 26.5 Å². The van der Waals surface area contributed by atoms with Crippen LogP contribution < -0.4 is 5.32 Å². The van der Waals surface area contributed by atoms with Gasteiger partial charge in [0.1, 0.15) is 0 Å². The van der Waals surface area contributed by atoms with E-state index in [2.05, 4.69) is 28.9 Å². The van der Waals surface area contributed by atoms with E-state index in [4.69, 9.17) is 4.74 Å². The van der Waals surface area contributed by atoms with E-state index in [0.29, 0.717) is 5.69 Å². The number of rotatable bonds is 6. The molecule has 6 heteroatoms. The van der Waals surface area contributed by atoms with E-state index in [1.807, 2.05) is 47.2 Å². The van der Waals surface area contributed by atoms with E-state index >= 15 is 0 Å². The normalized spacial score (nSPS) is 12.5. The molecule has 0 spiro atoms. The van der Waals surface area contributed by atoms with Crippen molar-refractivity contribution < 1.29 is 14.3 Å². The lowest BCUT2D eigenvalue weighted by molar-refractivity contribution is -0.148. The fourth-order valence-corrected chi connectivity index (χ4v) is 4.15. The van der Waals surface area contributed by atoms with Crippen LogP contribution in [-0.4, -0.2) is 22.5 Å².